The van der Waals surface area contributed by atoms with E-state index in [1.54, 1.807) is 0 Å². The van der Waals surface area contributed by atoms with Crippen molar-refractivity contribution in [3.8, 4) is 0 Å². The Morgan fingerprint density at radius 3 is 2.74 bits per heavy atom. The van der Waals surface area contributed by atoms with Crippen LogP contribution in [0.15, 0.2) is 30.3 Å². The topological polar surface area (TPSA) is 69.6 Å². The van der Waals surface area contributed by atoms with E-state index in [4.69, 9.17) is 0 Å². The van der Waals surface area contributed by atoms with E-state index in [1.807, 2.05) is 30.3 Å². The Hall–Kier alpha value is -1.53. The van der Waals surface area contributed by atoms with Gasteiger partial charge >= 0.3 is 0 Å². The maximum absolute atomic E-state index is 11.9. The van der Waals surface area contributed by atoms with Crippen molar-refractivity contribution in [1.29, 1.82) is 0 Å². The molecule has 19 heavy (non-hydrogen) atoms. The van der Waals surface area contributed by atoms with Crippen LogP contribution in [0.1, 0.15) is 11.6 Å². The second-order valence-electron chi connectivity index (χ2n) is 4.28. The zero-order chi connectivity index (χ0) is 13.7. The fourth-order valence-electron chi connectivity index (χ4n) is 1.87. The van der Waals surface area contributed by atoms with Crippen molar-refractivity contribution < 1.29 is 14.7 Å². The molecule has 1 fully saturated rings. The molecule has 5 nitrogen and oxygen atoms in total. The molecule has 0 saturated carbocycles. The molecular weight excluding hydrogens is 264 g/mol. The molecule has 1 aliphatic heterocycles. The van der Waals surface area contributed by atoms with Gasteiger partial charge in [0.05, 0.1) is 24.3 Å². The second-order valence-corrected chi connectivity index (χ2v) is 5.24. The lowest BCUT2D eigenvalue weighted by molar-refractivity contribution is -0.132. The van der Waals surface area contributed by atoms with E-state index >= 15 is 0 Å². The lowest BCUT2D eigenvalue weighted by Gasteiger charge is -2.19. The van der Waals surface area contributed by atoms with Gasteiger partial charge in [0.15, 0.2) is 0 Å². The fourth-order valence-corrected chi connectivity index (χ4v) is 2.78. The third-order valence-corrected chi connectivity index (χ3v) is 3.82. The minimum absolute atomic E-state index is 0.0135. The summed E-state index contributed by atoms with van der Waals surface area (Å²) in [7, 11) is 0. The van der Waals surface area contributed by atoms with Gasteiger partial charge in [0.25, 0.3) is 0 Å². The lowest BCUT2D eigenvalue weighted by Crippen LogP contribution is -2.40. The van der Waals surface area contributed by atoms with Crippen molar-refractivity contribution in [1.82, 2.24) is 10.2 Å². The number of nitrogens with zero attached hydrogens (tertiary/aromatic N) is 1. The average Bonchev–Trinajstić information content (AvgIpc) is 2.82. The van der Waals surface area contributed by atoms with Crippen molar-refractivity contribution in [2.45, 2.75) is 6.04 Å². The van der Waals surface area contributed by atoms with Crippen LogP contribution in [0.25, 0.3) is 0 Å². The number of aliphatic hydroxyl groups excluding tert-OH is 1. The Labute approximate surface area is 116 Å². The van der Waals surface area contributed by atoms with Gasteiger partial charge in [-0.2, -0.15) is 0 Å². The van der Waals surface area contributed by atoms with Gasteiger partial charge in [-0.1, -0.05) is 30.3 Å². The van der Waals surface area contributed by atoms with Gasteiger partial charge in [-0.25, -0.2) is 0 Å². The summed E-state index contributed by atoms with van der Waals surface area (Å²) in [4.78, 5) is 24.8. The lowest BCUT2D eigenvalue weighted by atomic mass is 10.1. The number of aliphatic hydroxyl groups is 1. The van der Waals surface area contributed by atoms with E-state index in [-0.39, 0.29) is 25.0 Å². The zero-order valence-electron chi connectivity index (χ0n) is 10.4. The Morgan fingerprint density at radius 1 is 1.42 bits per heavy atom. The Bertz CT molecular complexity index is 452. The van der Waals surface area contributed by atoms with E-state index in [9.17, 15) is 14.7 Å². The van der Waals surface area contributed by atoms with Crippen LogP contribution in [-0.2, 0) is 9.59 Å². The largest absolute Gasteiger partial charge is 0.394 e. The fraction of sp³-hybridized carbons (Fsp3) is 0.385. The highest BCUT2D eigenvalue weighted by molar-refractivity contribution is 8.00. The molecule has 0 aliphatic carbocycles. The summed E-state index contributed by atoms with van der Waals surface area (Å²) in [5.74, 6) is 0.732. The first-order chi connectivity index (χ1) is 9.20. The van der Waals surface area contributed by atoms with Gasteiger partial charge in [0, 0.05) is 0 Å². The summed E-state index contributed by atoms with van der Waals surface area (Å²) in [5.41, 5.74) is 0.848. The molecule has 1 atom stereocenters. The quantitative estimate of drug-likeness (QED) is 0.817. The number of nitrogens with one attached hydrogen (secondary N) is 1. The average molecular weight is 280 g/mol. The Kier molecular flexibility index (Phi) is 4.81. The monoisotopic (exact) mass is 280 g/mol. The van der Waals surface area contributed by atoms with E-state index in [2.05, 4.69) is 5.32 Å². The van der Waals surface area contributed by atoms with Gasteiger partial charge in [0.1, 0.15) is 6.54 Å². The van der Waals surface area contributed by atoms with E-state index in [1.165, 1.54) is 16.7 Å². The van der Waals surface area contributed by atoms with Crippen molar-refractivity contribution in [2.24, 2.45) is 0 Å². The molecule has 1 aromatic carbocycles. The third kappa shape index (κ3) is 3.71. The number of carbonyl (C=O) groups is 2. The number of hydrogen-bond acceptors (Lipinski definition) is 4. The number of carbonyl (C=O) groups excluding carboxylic acids is 2. The molecule has 0 bridgehead atoms. The number of thioether (sulfide) groups is 1. The molecule has 0 radical (unpaired) electrons. The van der Waals surface area contributed by atoms with Crippen LogP contribution in [0.2, 0.25) is 0 Å². The van der Waals surface area contributed by atoms with Crippen molar-refractivity contribution >= 4 is 23.6 Å². The highest BCUT2D eigenvalue weighted by atomic mass is 32.2. The van der Waals surface area contributed by atoms with E-state index in [0.717, 1.165) is 5.56 Å². The molecule has 1 unspecified atom stereocenters. The highest BCUT2D eigenvalue weighted by Crippen LogP contribution is 2.15. The molecule has 2 amide bonds. The highest BCUT2D eigenvalue weighted by Gasteiger charge is 2.24. The second kappa shape index (κ2) is 6.58. The van der Waals surface area contributed by atoms with Crippen LogP contribution in [0.3, 0.4) is 0 Å². The summed E-state index contributed by atoms with van der Waals surface area (Å²) >= 11 is 1.50. The van der Waals surface area contributed by atoms with Gasteiger partial charge in [-0.05, 0) is 5.56 Å². The van der Waals surface area contributed by atoms with E-state index in [0.29, 0.717) is 11.6 Å². The molecule has 1 saturated heterocycles. The zero-order valence-corrected chi connectivity index (χ0v) is 11.2. The van der Waals surface area contributed by atoms with Gasteiger partial charge in [-0.3, -0.25) is 9.59 Å². The number of benzene rings is 1. The first-order valence-electron chi connectivity index (χ1n) is 6.01. The molecule has 2 rings (SSSR count). The number of hydrogen-bond donors (Lipinski definition) is 2. The van der Waals surface area contributed by atoms with Crippen molar-refractivity contribution in [2.75, 3.05) is 24.8 Å². The first-order valence-corrected chi connectivity index (χ1v) is 7.17. The van der Waals surface area contributed by atoms with Gasteiger partial charge in [0.2, 0.25) is 11.8 Å². The standard InChI is InChI=1S/C13H16N2O3S/c16-7-11(10-4-2-1-3-5-10)14-12(17)6-15-9-19-8-13(15)18/h1-5,11,16H,6-9H2,(H,14,17). The van der Waals surface area contributed by atoms with Gasteiger partial charge in [-0.15, -0.1) is 11.8 Å². The molecule has 6 heteroatoms. The summed E-state index contributed by atoms with van der Waals surface area (Å²) in [6.45, 7) is -0.117. The molecule has 0 aromatic heterocycles. The Balaban J connectivity index is 1.91. The molecular formula is C13H16N2O3S. The summed E-state index contributed by atoms with van der Waals surface area (Å²) in [6, 6.07) is 8.84. The van der Waals surface area contributed by atoms with Gasteiger partial charge < -0.3 is 15.3 Å². The summed E-state index contributed by atoms with van der Waals surface area (Å²) in [5, 5.41) is 12.1. The predicted molar refractivity (Wildman–Crippen MR) is 73.4 cm³/mol. The van der Waals surface area contributed by atoms with Crippen LogP contribution >= 0.6 is 11.8 Å². The molecule has 102 valence electrons. The minimum atomic E-state index is -0.431. The molecule has 2 N–H and O–H groups in total. The first kappa shape index (κ1) is 13.9. The van der Waals surface area contributed by atoms with E-state index < -0.39 is 6.04 Å². The minimum Gasteiger partial charge on any atom is -0.394 e. The van der Waals surface area contributed by atoms with Crippen molar-refractivity contribution in [3.05, 3.63) is 35.9 Å². The molecule has 1 aliphatic rings. The smallest absolute Gasteiger partial charge is 0.240 e. The van der Waals surface area contributed by atoms with Crippen molar-refractivity contribution in [3.63, 3.8) is 0 Å². The summed E-state index contributed by atoms with van der Waals surface area (Å²) < 4.78 is 0. The maximum atomic E-state index is 11.9. The third-order valence-electron chi connectivity index (χ3n) is 2.88. The molecule has 1 heterocycles. The number of amides is 2. The van der Waals surface area contributed by atoms with Crippen LogP contribution in [0, 0.1) is 0 Å². The SMILES string of the molecule is O=C(CN1CSCC1=O)NC(CO)c1ccccc1. The van der Waals surface area contributed by atoms with Crippen LogP contribution in [0.4, 0.5) is 0 Å². The van der Waals surface area contributed by atoms with Crippen LogP contribution < -0.4 is 5.32 Å². The normalized spacial score (nSPS) is 16.5. The Morgan fingerprint density at radius 2 is 2.16 bits per heavy atom. The van der Waals surface area contributed by atoms with Crippen LogP contribution in [0.5, 0.6) is 0 Å². The molecule has 0 spiro atoms. The molecule has 1 aromatic rings. The van der Waals surface area contributed by atoms with Crippen LogP contribution in [-0.4, -0.2) is 46.6 Å². The number of rotatable bonds is 5. The summed E-state index contributed by atoms with van der Waals surface area (Å²) in [6.07, 6.45) is 0. The maximum Gasteiger partial charge on any atom is 0.240 e. The predicted octanol–water partition coefficient (Wildman–Crippen LogP) is 0.369.